The Morgan fingerprint density at radius 3 is 2.56 bits per heavy atom. The van der Waals surface area contributed by atoms with Gasteiger partial charge in [-0.05, 0) is 23.8 Å². The van der Waals surface area contributed by atoms with Crippen molar-refractivity contribution in [1.82, 2.24) is 4.98 Å². The van der Waals surface area contributed by atoms with Gasteiger partial charge in [0, 0.05) is 18.1 Å². The fourth-order valence-electron chi connectivity index (χ4n) is 1.47. The molecule has 0 amide bonds. The molecule has 0 aliphatic carbocycles. The average Bonchev–Trinajstić information content (AvgIpc) is 2.38. The van der Waals surface area contributed by atoms with Crippen molar-refractivity contribution in [3.63, 3.8) is 0 Å². The normalized spacial score (nSPS) is 11.8. The van der Waals surface area contributed by atoms with E-state index in [-0.39, 0.29) is 6.04 Å². The Morgan fingerprint density at radius 2 is 1.94 bits per heavy atom. The summed E-state index contributed by atoms with van der Waals surface area (Å²) in [6, 6.07) is 13.0. The van der Waals surface area contributed by atoms with Gasteiger partial charge in [0.2, 0.25) is 0 Å². The zero-order valence-electron chi connectivity index (χ0n) is 8.71. The number of para-hydroxylation sites is 1. The average molecular weight is 212 g/mol. The van der Waals surface area contributed by atoms with E-state index in [0.29, 0.717) is 0 Å². The standard InChI is InChI=1S/C13H12N2O/c16-10-13(11-5-4-8-14-9-11)15-12-6-2-1-3-7-12/h1-10,13,15H. The number of anilines is 1. The van der Waals surface area contributed by atoms with Crippen molar-refractivity contribution in [2.45, 2.75) is 6.04 Å². The maximum Gasteiger partial charge on any atom is 0.146 e. The lowest BCUT2D eigenvalue weighted by Gasteiger charge is -2.13. The number of aromatic nitrogens is 1. The van der Waals surface area contributed by atoms with E-state index in [1.165, 1.54) is 0 Å². The molecule has 2 rings (SSSR count). The summed E-state index contributed by atoms with van der Waals surface area (Å²) in [4.78, 5) is 15.0. The van der Waals surface area contributed by atoms with E-state index in [1.807, 2.05) is 42.5 Å². The lowest BCUT2D eigenvalue weighted by Crippen LogP contribution is -2.11. The number of benzene rings is 1. The lowest BCUT2D eigenvalue weighted by molar-refractivity contribution is -0.108. The van der Waals surface area contributed by atoms with Crippen LogP contribution >= 0.6 is 0 Å². The first-order valence-corrected chi connectivity index (χ1v) is 5.07. The van der Waals surface area contributed by atoms with Crippen LogP contribution in [0.25, 0.3) is 0 Å². The summed E-state index contributed by atoms with van der Waals surface area (Å²) < 4.78 is 0. The first-order valence-electron chi connectivity index (χ1n) is 5.07. The summed E-state index contributed by atoms with van der Waals surface area (Å²) in [7, 11) is 0. The third-order valence-electron chi connectivity index (χ3n) is 2.28. The Kier molecular flexibility index (Phi) is 3.28. The summed E-state index contributed by atoms with van der Waals surface area (Å²) in [6.07, 6.45) is 4.26. The molecule has 1 atom stereocenters. The monoisotopic (exact) mass is 212 g/mol. The van der Waals surface area contributed by atoms with Crippen LogP contribution in [0.2, 0.25) is 0 Å². The molecular weight excluding hydrogens is 200 g/mol. The maximum atomic E-state index is 11.0. The van der Waals surface area contributed by atoms with Gasteiger partial charge in [0.15, 0.2) is 0 Å². The quantitative estimate of drug-likeness (QED) is 0.791. The highest BCUT2D eigenvalue weighted by atomic mass is 16.1. The highest BCUT2D eigenvalue weighted by Crippen LogP contribution is 2.16. The summed E-state index contributed by atoms with van der Waals surface area (Å²) >= 11 is 0. The minimum atomic E-state index is -0.351. The molecule has 3 nitrogen and oxygen atoms in total. The molecule has 0 aliphatic heterocycles. The highest BCUT2D eigenvalue weighted by Gasteiger charge is 2.09. The van der Waals surface area contributed by atoms with Gasteiger partial charge in [-0.25, -0.2) is 0 Å². The van der Waals surface area contributed by atoms with E-state index < -0.39 is 0 Å². The Bertz CT molecular complexity index is 442. The Balaban J connectivity index is 2.16. The SMILES string of the molecule is O=CC(Nc1ccccc1)c1cccnc1. The van der Waals surface area contributed by atoms with E-state index in [4.69, 9.17) is 0 Å². The third kappa shape index (κ3) is 2.45. The molecular formula is C13H12N2O. The van der Waals surface area contributed by atoms with E-state index in [0.717, 1.165) is 17.5 Å². The van der Waals surface area contributed by atoms with Gasteiger partial charge in [-0.2, -0.15) is 0 Å². The van der Waals surface area contributed by atoms with Crippen molar-refractivity contribution < 1.29 is 4.79 Å². The molecule has 3 heteroatoms. The van der Waals surface area contributed by atoms with E-state index >= 15 is 0 Å². The van der Waals surface area contributed by atoms with Gasteiger partial charge in [0.05, 0.1) is 0 Å². The molecule has 1 aromatic carbocycles. The van der Waals surface area contributed by atoms with E-state index in [2.05, 4.69) is 10.3 Å². The molecule has 2 aromatic rings. The largest absolute Gasteiger partial charge is 0.372 e. The van der Waals surface area contributed by atoms with Crippen LogP contribution in [0.4, 0.5) is 5.69 Å². The first kappa shape index (κ1) is 10.4. The van der Waals surface area contributed by atoms with Crippen molar-refractivity contribution in [3.05, 3.63) is 60.4 Å². The number of rotatable bonds is 4. The number of carbonyl (C=O) groups excluding carboxylic acids is 1. The topological polar surface area (TPSA) is 42.0 Å². The minimum absolute atomic E-state index is 0.351. The highest BCUT2D eigenvalue weighted by molar-refractivity contribution is 5.67. The van der Waals surface area contributed by atoms with Crippen LogP contribution in [-0.4, -0.2) is 11.3 Å². The number of hydrogen-bond acceptors (Lipinski definition) is 3. The van der Waals surface area contributed by atoms with Crippen LogP contribution in [-0.2, 0) is 4.79 Å². The number of nitrogens with zero attached hydrogens (tertiary/aromatic N) is 1. The number of aldehydes is 1. The zero-order valence-corrected chi connectivity index (χ0v) is 8.71. The van der Waals surface area contributed by atoms with Gasteiger partial charge in [-0.1, -0.05) is 24.3 Å². The third-order valence-corrected chi connectivity index (χ3v) is 2.28. The second-order valence-electron chi connectivity index (χ2n) is 3.41. The number of carbonyl (C=O) groups is 1. The molecule has 80 valence electrons. The predicted molar refractivity (Wildman–Crippen MR) is 63.1 cm³/mol. The van der Waals surface area contributed by atoms with Crippen LogP contribution in [0.15, 0.2) is 54.9 Å². The molecule has 0 aliphatic rings. The fourth-order valence-corrected chi connectivity index (χ4v) is 1.47. The molecule has 0 spiro atoms. The van der Waals surface area contributed by atoms with Crippen LogP contribution in [0, 0.1) is 0 Å². The van der Waals surface area contributed by atoms with Gasteiger partial charge in [0.25, 0.3) is 0 Å². The molecule has 0 bridgehead atoms. The molecule has 1 N–H and O–H groups in total. The van der Waals surface area contributed by atoms with E-state index in [9.17, 15) is 4.79 Å². The van der Waals surface area contributed by atoms with Crippen molar-refractivity contribution in [2.24, 2.45) is 0 Å². The molecule has 16 heavy (non-hydrogen) atoms. The van der Waals surface area contributed by atoms with Gasteiger partial charge in [0.1, 0.15) is 12.3 Å². The maximum absolute atomic E-state index is 11.0. The van der Waals surface area contributed by atoms with Crippen LogP contribution in [0.3, 0.4) is 0 Å². The van der Waals surface area contributed by atoms with Crippen molar-refractivity contribution in [2.75, 3.05) is 5.32 Å². The predicted octanol–water partition coefficient (Wildman–Crippen LogP) is 2.43. The van der Waals surface area contributed by atoms with Crippen LogP contribution in [0.5, 0.6) is 0 Å². The van der Waals surface area contributed by atoms with Crippen LogP contribution in [0.1, 0.15) is 11.6 Å². The lowest BCUT2D eigenvalue weighted by atomic mass is 10.1. The molecule has 1 aromatic heterocycles. The first-order chi connectivity index (χ1) is 7.90. The van der Waals surface area contributed by atoms with Gasteiger partial charge >= 0.3 is 0 Å². The molecule has 1 unspecified atom stereocenters. The summed E-state index contributed by atoms with van der Waals surface area (Å²) in [6.45, 7) is 0. The second-order valence-corrected chi connectivity index (χ2v) is 3.41. The van der Waals surface area contributed by atoms with Crippen LogP contribution < -0.4 is 5.32 Å². The molecule has 0 saturated heterocycles. The van der Waals surface area contributed by atoms with E-state index in [1.54, 1.807) is 12.4 Å². The Labute approximate surface area is 94.1 Å². The molecule has 0 radical (unpaired) electrons. The number of nitrogens with one attached hydrogen (secondary N) is 1. The summed E-state index contributed by atoms with van der Waals surface area (Å²) in [5, 5.41) is 3.14. The Hall–Kier alpha value is -2.16. The molecule has 0 fully saturated rings. The van der Waals surface area contributed by atoms with Gasteiger partial charge in [-0.15, -0.1) is 0 Å². The molecule has 1 heterocycles. The second kappa shape index (κ2) is 5.07. The fraction of sp³-hybridized carbons (Fsp3) is 0.0769. The van der Waals surface area contributed by atoms with Crippen molar-refractivity contribution >= 4 is 12.0 Å². The number of pyridine rings is 1. The molecule has 0 saturated carbocycles. The van der Waals surface area contributed by atoms with Gasteiger partial charge in [-0.3, -0.25) is 4.98 Å². The smallest absolute Gasteiger partial charge is 0.146 e. The summed E-state index contributed by atoms with van der Waals surface area (Å²) in [5.41, 5.74) is 1.78. The summed E-state index contributed by atoms with van der Waals surface area (Å²) in [5.74, 6) is 0. The van der Waals surface area contributed by atoms with Crippen molar-refractivity contribution in [3.8, 4) is 0 Å². The zero-order chi connectivity index (χ0) is 11.2. The Morgan fingerprint density at radius 1 is 1.12 bits per heavy atom. The van der Waals surface area contributed by atoms with Crippen molar-refractivity contribution in [1.29, 1.82) is 0 Å². The van der Waals surface area contributed by atoms with Gasteiger partial charge < -0.3 is 10.1 Å². The number of hydrogen-bond donors (Lipinski definition) is 1. The minimum Gasteiger partial charge on any atom is -0.372 e.